The second kappa shape index (κ2) is 17.4. The number of aryl methyl sites for hydroxylation is 2. The number of hydrogen-bond donors (Lipinski definition) is 0. The molecule has 0 saturated heterocycles. The molecule has 0 N–H and O–H groups in total. The second-order valence-electron chi connectivity index (χ2n) is 7.29. The Balaban J connectivity index is 0.00000119. The van der Waals surface area contributed by atoms with E-state index in [1.54, 1.807) is 0 Å². The Morgan fingerprint density at radius 1 is 0.704 bits per heavy atom. The van der Waals surface area contributed by atoms with Gasteiger partial charge in [0.25, 0.3) is 0 Å². The maximum absolute atomic E-state index is 8.49. The number of hydrogen-bond acceptors (Lipinski definition) is 4. The predicted octanol–water partition coefficient (Wildman–Crippen LogP) is 1.04. The molecule has 1 heterocycles. The van der Waals surface area contributed by atoms with Crippen LogP contribution in [-0.2, 0) is 13.6 Å². The summed E-state index contributed by atoms with van der Waals surface area (Å²) in [5.41, 5.74) is 0. The van der Waals surface area contributed by atoms with E-state index in [1.165, 1.54) is 96.4 Å². The predicted molar refractivity (Wildman–Crippen MR) is 95.9 cm³/mol. The van der Waals surface area contributed by atoms with E-state index in [-0.39, 0.29) is 0 Å². The Kier molecular flexibility index (Phi) is 17.0. The van der Waals surface area contributed by atoms with E-state index in [0.29, 0.717) is 0 Å². The molecule has 1 aromatic heterocycles. The average molecular weight is 407 g/mol. The highest BCUT2D eigenvalue weighted by Crippen LogP contribution is 2.13. The molecule has 0 atom stereocenters. The third-order valence-electron chi connectivity index (χ3n) is 4.59. The smallest absolute Gasteiger partial charge is 0.240 e. The van der Waals surface area contributed by atoms with E-state index in [4.69, 9.17) is 18.6 Å². The zero-order valence-corrected chi connectivity index (χ0v) is 18.0. The van der Waals surface area contributed by atoms with Crippen molar-refractivity contribution in [2.24, 2.45) is 7.05 Å². The lowest BCUT2D eigenvalue weighted by atomic mass is 10.0. The normalized spacial score (nSPS) is 11.3. The maximum Gasteiger partial charge on any atom is 0.243 e. The third kappa shape index (κ3) is 23.3. The largest absolute Gasteiger partial charge is 0.243 e. The van der Waals surface area contributed by atoms with E-state index >= 15 is 0 Å². The van der Waals surface area contributed by atoms with Crippen LogP contribution in [0, 0.1) is 10.2 Å². The molecule has 1 rings (SSSR count). The summed E-state index contributed by atoms with van der Waals surface area (Å²) in [4.78, 5) is 0. The van der Waals surface area contributed by atoms with Crippen LogP contribution in [0.25, 0.3) is 0 Å². The van der Waals surface area contributed by atoms with Crippen molar-refractivity contribution in [3.8, 4) is 0 Å². The second-order valence-corrected chi connectivity index (χ2v) is 8.05. The van der Waals surface area contributed by atoms with Crippen molar-refractivity contribution in [1.82, 2.24) is 4.57 Å². The molecular formula is C20H39ClN2O4. The molecule has 0 fully saturated rings. The van der Waals surface area contributed by atoms with Crippen LogP contribution in [0.5, 0.6) is 0 Å². The molecule has 0 amide bonds. The fourth-order valence-corrected chi connectivity index (χ4v) is 3.12. The van der Waals surface area contributed by atoms with Gasteiger partial charge in [0.15, 0.2) is 0 Å². The minimum atomic E-state index is -4.94. The minimum absolute atomic E-state index is 1.18. The van der Waals surface area contributed by atoms with Crippen LogP contribution in [-0.4, -0.2) is 4.57 Å². The van der Waals surface area contributed by atoms with Crippen molar-refractivity contribution in [3.05, 3.63) is 18.7 Å². The molecule has 0 radical (unpaired) electrons. The molecule has 7 heteroatoms. The summed E-state index contributed by atoms with van der Waals surface area (Å²) in [6, 6.07) is 0. The lowest BCUT2D eigenvalue weighted by Gasteiger charge is -2.17. The van der Waals surface area contributed by atoms with Crippen molar-refractivity contribution >= 4 is 0 Å². The van der Waals surface area contributed by atoms with Crippen molar-refractivity contribution in [1.29, 1.82) is 0 Å². The standard InChI is InChI=1S/C20H39N2.ClHO4/c1-3-4-5-6-7-8-9-10-11-12-13-14-15-16-17-22-19-18-21(2)20-22;2-1(3,4)5/h18-20H,3-17H2,1-2H3;(H,2,3,4,5)/q+1;/p-1. The van der Waals surface area contributed by atoms with Crippen molar-refractivity contribution in [3.63, 3.8) is 0 Å². The van der Waals surface area contributed by atoms with Gasteiger partial charge in [-0.15, -0.1) is 10.2 Å². The van der Waals surface area contributed by atoms with Gasteiger partial charge in [-0.25, -0.2) is 27.8 Å². The fourth-order valence-electron chi connectivity index (χ4n) is 3.12. The molecule has 0 aliphatic heterocycles. The van der Waals surface area contributed by atoms with E-state index < -0.39 is 10.2 Å². The maximum atomic E-state index is 8.49. The molecule has 0 aliphatic carbocycles. The molecule has 0 aromatic carbocycles. The number of nitrogens with zero attached hydrogens (tertiary/aromatic N) is 2. The summed E-state index contributed by atoms with van der Waals surface area (Å²) in [6.45, 7) is 3.47. The van der Waals surface area contributed by atoms with Crippen LogP contribution >= 0.6 is 0 Å². The summed E-state index contributed by atoms with van der Waals surface area (Å²) >= 11 is 0. The van der Waals surface area contributed by atoms with Crippen molar-refractivity contribution in [2.75, 3.05) is 0 Å². The first kappa shape index (κ1) is 26.3. The zero-order chi connectivity index (χ0) is 20.4. The number of halogens is 1. The summed E-state index contributed by atoms with van der Waals surface area (Å²) in [5.74, 6) is 0. The monoisotopic (exact) mass is 406 g/mol. The van der Waals surface area contributed by atoms with Gasteiger partial charge < -0.3 is 0 Å². The first-order chi connectivity index (χ1) is 12.8. The first-order valence-corrected chi connectivity index (χ1v) is 11.7. The third-order valence-corrected chi connectivity index (χ3v) is 4.59. The van der Waals surface area contributed by atoms with Crippen molar-refractivity contribution < 1.29 is 33.4 Å². The van der Waals surface area contributed by atoms with Gasteiger partial charge in [0.2, 0.25) is 6.33 Å². The van der Waals surface area contributed by atoms with Crippen LogP contribution < -0.4 is 23.2 Å². The number of imidazole rings is 1. The Morgan fingerprint density at radius 2 is 1.07 bits per heavy atom. The van der Waals surface area contributed by atoms with Gasteiger partial charge in [-0.2, -0.15) is 0 Å². The summed E-state index contributed by atoms with van der Waals surface area (Å²) < 4.78 is 38.4. The lowest BCUT2D eigenvalue weighted by molar-refractivity contribution is -2.00. The average Bonchev–Trinajstić information content (AvgIpc) is 2.99. The Hall–Kier alpha value is -0.660. The minimum Gasteiger partial charge on any atom is -0.240 e. The van der Waals surface area contributed by atoms with E-state index in [1.807, 2.05) is 0 Å². The quantitative estimate of drug-likeness (QED) is 0.320. The molecule has 6 nitrogen and oxygen atoms in total. The lowest BCUT2D eigenvalue weighted by Crippen LogP contribution is -2.68. The van der Waals surface area contributed by atoms with Gasteiger partial charge in [0.1, 0.15) is 12.4 Å². The molecule has 27 heavy (non-hydrogen) atoms. The zero-order valence-electron chi connectivity index (χ0n) is 17.2. The number of unbranched alkanes of at least 4 members (excludes halogenated alkanes) is 13. The van der Waals surface area contributed by atoms with Crippen LogP contribution in [0.1, 0.15) is 96.8 Å². The van der Waals surface area contributed by atoms with Gasteiger partial charge in [0, 0.05) is 0 Å². The topological polar surface area (TPSA) is 101 Å². The Morgan fingerprint density at radius 3 is 1.41 bits per heavy atom. The first-order valence-electron chi connectivity index (χ1n) is 10.5. The molecule has 0 aliphatic rings. The highest BCUT2D eigenvalue weighted by molar-refractivity contribution is 4.65. The molecule has 0 unspecified atom stereocenters. The van der Waals surface area contributed by atoms with Crippen LogP contribution in [0.4, 0.5) is 0 Å². The van der Waals surface area contributed by atoms with E-state index in [9.17, 15) is 0 Å². The van der Waals surface area contributed by atoms with Crippen LogP contribution in [0.15, 0.2) is 18.7 Å². The SMILES string of the molecule is CCCCCCCCCCCCCCCCn1cc[n+](C)c1.[O-][Cl+3]([O-])([O-])[O-]. The number of rotatable bonds is 15. The highest BCUT2D eigenvalue weighted by atomic mass is 35.7. The fraction of sp³-hybridized carbons (Fsp3) is 0.850. The van der Waals surface area contributed by atoms with Crippen LogP contribution in [0.2, 0.25) is 0 Å². The summed E-state index contributed by atoms with van der Waals surface area (Å²) in [6.07, 6.45) is 26.5. The Bertz CT molecular complexity index is 430. The van der Waals surface area contributed by atoms with Gasteiger partial charge in [-0.05, 0) is 12.8 Å². The van der Waals surface area contributed by atoms with Gasteiger partial charge in [-0.3, -0.25) is 0 Å². The molecule has 0 saturated carbocycles. The van der Waals surface area contributed by atoms with Gasteiger partial charge in [0.05, 0.1) is 13.6 Å². The van der Waals surface area contributed by atoms with Gasteiger partial charge >= 0.3 is 0 Å². The molecule has 1 aromatic rings. The summed E-state index contributed by atoms with van der Waals surface area (Å²) in [7, 11) is -2.86. The number of aromatic nitrogens is 2. The molecule has 0 bridgehead atoms. The van der Waals surface area contributed by atoms with Crippen LogP contribution in [0.3, 0.4) is 0 Å². The highest BCUT2D eigenvalue weighted by Gasteiger charge is 1.99. The Labute approximate surface area is 167 Å². The molecular weight excluding hydrogens is 368 g/mol. The molecule has 0 spiro atoms. The van der Waals surface area contributed by atoms with Crippen molar-refractivity contribution in [2.45, 2.75) is 103 Å². The van der Waals surface area contributed by atoms with E-state index in [2.05, 4.69) is 41.8 Å². The van der Waals surface area contributed by atoms with E-state index in [0.717, 1.165) is 0 Å². The molecule has 160 valence electrons. The van der Waals surface area contributed by atoms with Gasteiger partial charge in [-0.1, -0.05) is 84.0 Å². The summed E-state index contributed by atoms with van der Waals surface area (Å²) in [5, 5.41) is 0.